The van der Waals surface area contributed by atoms with Gasteiger partial charge in [0.05, 0.1) is 11.2 Å². The van der Waals surface area contributed by atoms with Crippen molar-refractivity contribution >= 4 is 21.8 Å². The first-order valence-corrected chi connectivity index (χ1v) is 9.08. The van der Waals surface area contributed by atoms with Gasteiger partial charge >= 0.3 is 0 Å². The summed E-state index contributed by atoms with van der Waals surface area (Å²) in [6, 6.07) is 0. The van der Waals surface area contributed by atoms with Crippen LogP contribution in [0.15, 0.2) is 34.7 Å². The van der Waals surface area contributed by atoms with Gasteiger partial charge in [0.25, 0.3) is 0 Å². The standard InChI is InChI=1S/C17H23BrN4O/c1-17(2,16-20-9-13-12(18)4-3-5-22(13)16)21-15(23)14-10-6-11(14)8-19-7-10/h3-5,9-11,14,16,19-20H,6-8H2,1-2H3,(H,21,23). The van der Waals surface area contributed by atoms with E-state index in [0.717, 1.165) is 23.3 Å². The molecule has 124 valence electrons. The number of halogens is 1. The second-order valence-corrected chi connectivity index (χ2v) is 8.37. The van der Waals surface area contributed by atoms with Crippen molar-refractivity contribution < 1.29 is 4.79 Å². The fourth-order valence-corrected chi connectivity index (χ4v) is 4.79. The molecule has 3 aliphatic heterocycles. The Labute approximate surface area is 145 Å². The van der Waals surface area contributed by atoms with Crippen LogP contribution >= 0.6 is 15.9 Å². The first kappa shape index (κ1) is 15.3. The summed E-state index contributed by atoms with van der Waals surface area (Å²) in [4.78, 5) is 15.0. The van der Waals surface area contributed by atoms with Crippen LogP contribution < -0.4 is 16.0 Å². The van der Waals surface area contributed by atoms with Crippen LogP contribution in [0.4, 0.5) is 0 Å². The molecule has 0 aromatic rings. The Morgan fingerprint density at radius 3 is 2.83 bits per heavy atom. The van der Waals surface area contributed by atoms with Gasteiger partial charge in [-0.2, -0.15) is 0 Å². The Bertz CT molecular complexity index is 610. The first-order chi connectivity index (χ1) is 11.0. The topological polar surface area (TPSA) is 56.4 Å². The molecule has 6 heteroatoms. The molecule has 1 saturated heterocycles. The highest BCUT2D eigenvalue weighted by Crippen LogP contribution is 2.43. The van der Waals surface area contributed by atoms with Crippen molar-refractivity contribution in [2.75, 3.05) is 13.1 Å². The predicted molar refractivity (Wildman–Crippen MR) is 93.2 cm³/mol. The third-order valence-electron chi connectivity index (χ3n) is 5.53. The lowest BCUT2D eigenvalue weighted by Gasteiger charge is -2.50. The molecule has 0 aromatic heterocycles. The van der Waals surface area contributed by atoms with E-state index >= 15 is 0 Å². The summed E-state index contributed by atoms with van der Waals surface area (Å²) in [5.74, 6) is 1.43. The van der Waals surface area contributed by atoms with Gasteiger partial charge < -0.3 is 20.9 Å². The van der Waals surface area contributed by atoms with Gasteiger partial charge in [0, 0.05) is 22.8 Å². The van der Waals surface area contributed by atoms with E-state index < -0.39 is 0 Å². The molecule has 3 unspecified atom stereocenters. The number of carbonyl (C=O) groups is 1. The van der Waals surface area contributed by atoms with Crippen LogP contribution in [-0.4, -0.2) is 35.6 Å². The van der Waals surface area contributed by atoms with Gasteiger partial charge in [0.2, 0.25) is 5.91 Å². The lowest BCUT2D eigenvalue weighted by molar-refractivity contribution is -0.138. The van der Waals surface area contributed by atoms with Crippen molar-refractivity contribution in [2.24, 2.45) is 17.8 Å². The van der Waals surface area contributed by atoms with E-state index in [1.807, 2.05) is 18.4 Å². The molecular weight excluding hydrogens is 356 g/mol. The van der Waals surface area contributed by atoms with Crippen LogP contribution in [0, 0.1) is 17.8 Å². The van der Waals surface area contributed by atoms with E-state index in [9.17, 15) is 4.79 Å². The molecule has 0 spiro atoms. The molecule has 0 radical (unpaired) electrons. The Morgan fingerprint density at radius 2 is 2.13 bits per heavy atom. The zero-order valence-electron chi connectivity index (χ0n) is 13.5. The number of hydrogen-bond acceptors (Lipinski definition) is 4. The minimum absolute atomic E-state index is 0.0111. The molecule has 1 aliphatic carbocycles. The Kier molecular flexibility index (Phi) is 3.57. The minimum atomic E-state index is -0.373. The maximum atomic E-state index is 12.8. The Morgan fingerprint density at radius 1 is 1.39 bits per heavy atom. The molecular formula is C17H23BrN4O. The molecule has 3 heterocycles. The molecule has 2 fully saturated rings. The third-order valence-corrected chi connectivity index (χ3v) is 6.20. The molecule has 1 amide bonds. The zero-order chi connectivity index (χ0) is 16.2. The summed E-state index contributed by atoms with van der Waals surface area (Å²) in [7, 11) is 0. The Balaban J connectivity index is 1.45. The van der Waals surface area contributed by atoms with E-state index in [-0.39, 0.29) is 23.5 Å². The number of piperidine rings is 2. The fraction of sp³-hybridized carbons (Fsp3) is 0.588. The number of nitrogens with one attached hydrogen (secondary N) is 3. The molecule has 3 N–H and O–H groups in total. The average molecular weight is 379 g/mol. The van der Waals surface area contributed by atoms with Gasteiger partial charge in [-0.3, -0.25) is 4.79 Å². The molecule has 3 atom stereocenters. The van der Waals surface area contributed by atoms with E-state index in [0.29, 0.717) is 11.8 Å². The highest BCUT2D eigenvalue weighted by atomic mass is 79.9. The van der Waals surface area contributed by atoms with Crippen LogP contribution in [0.5, 0.6) is 0 Å². The molecule has 4 aliphatic rings. The Hall–Kier alpha value is -1.27. The summed E-state index contributed by atoms with van der Waals surface area (Å²) < 4.78 is 1.05. The van der Waals surface area contributed by atoms with Crippen LogP contribution in [0.3, 0.4) is 0 Å². The van der Waals surface area contributed by atoms with Crippen molar-refractivity contribution in [1.82, 2.24) is 20.9 Å². The fourth-order valence-electron chi connectivity index (χ4n) is 4.32. The van der Waals surface area contributed by atoms with Gasteiger partial charge in [-0.1, -0.05) is 0 Å². The van der Waals surface area contributed by atoms with Gasteiger partial charge in [0.15, 0.2) is 0 Å². The third kappa shape index (κ3) is 2.43. The van der Waals surface area contributed by atoms with Gasteiger partial charge in [0.1, 0.15) is 6.17 Å². The normalized spacial score (nSPS) is 34.8. The number of amides is 1. The zero-order valence-corrected chi connectivity index (χ0v) is 15.1. The van der Waals surface area contributed by atoms with Gasteiger partial charge in [-0.05, 0) is 73.3 Å². The summed E-state index contributed by atoms with van der Waals surface area (Å²) in [6.45, 7) is 6.14. The summed E-state index contributed by atoms with van der Waals surface area (Å²) >= 11 is 3.58. The summed E-state index contributed by atoms with van der Waals surface area (Å²) in [5, 5.41) is 10.1. The number of allylic oxidation sites excluding steroid dienone is 3. The van der Waals surface area contributed by atoms with E-state index in [1.54, 1.807) is 0 Å². The average Bonchev–Trinajstić information content (AvgIpc) is 2.93. The van der Waals surface area contributed by atoms with Crippen LogP contribution in [0.1, 0.15) is 20.3 Å². The van der Waals surface area contributed by atoms with E-state index in [2.05, 4.69) is 56.8 Å². The molecule has 4 rings (SSSR count). The van der Waals surface area contributed by atoms with Crippen molar-refractivity contribution in [3.05, 3.63) is 34.7 Å². The smallest absolute Gasteiger partial charge is 0.224 e. The summed E-state index contributed by atoms with van der Waals surface area (Å²) in [6.07, 6.45) is 9.31. The number of hydrogen-bond donors (Lipinski definition) is 3. The SMILES string of the molecule is CC(C)(NC(=O)C1C2CNCC1C2)C1NC=C2C(Br)=CC=CN21. The highest BCUT2D eigenvalue weighted by Gasteiger charge is 2.49. The second kappa shape index (κ2) is 5.38. The largest absolute Gasteiger partial charge is 0.367 e. The maximum absolute atomic E-state index is 12.8. The molecule has 0 aromatic carbocycles. The quantitative estimate of drug-likeness (QED) is 0.698. The van der Waals surface area contributed by atoms with Crippen molar-refractivity contribution in [3.8, 4) is 0 Å². The lowest BCUT2D eigenvalue weighted by atomic mass is 9.61. The second-order valence-electron chi connectivity index (χ2n) is 7.51. The molecule has 5 nitrogen and oxygen atoms in total. The highest BCUT2D eigenvalue weighted by molar-refractivity contribution is 9.12. The summed E-state index contributed by atoms with van der Waals surface area (Å²) in [5.41, 5.74) is 0.728. The van der Waals surface area contributed by atoms with Crippen LogP contribution in [0.25, 0.3) is 0 Å². The van der Waals surface area contributed by atoms with E-state index in [4.69, 9.17) is 0 Å². The van der Waals surface area contributed by atoms with Crippen molar-refractivity contribution in [2.45, 2.75) is 32.0 Å². The molecule has 23 heavy (non-hydrogen) atoms. The van der Waals surface area contributed by atoms with Gasteiger partial charge in [-0.25, -0.2) is 0 Å². The number of rotatable bonds is 3. The number of nitrogens with zero attached hydrogens (tertiary/aromatic N) is 1. The minimum Gasteiger partial charge on any atom is -0.367 e. The maximum Gasteiger partial charge on any atom is 0.224 e. The monoisotopic (exact) mass is 378 g/mol. The molecule has 2 bridgehead atoms. The van der Waals surface area contributed by atoms with Crippen molar-refractivity contribution in [3.63, 3.8) is 0 Å². The lowest BCUT2D eigenvalue weighted by Crippen LogP contribution is -2.65. The molecule has 1 saturated carbocycles. The number of carbonyl (C=O) groups excluding carboxylic acids is 1. The van der Waals surface area contributed by atoms with Crippen molar-refractivity contribution in [1.29, 1.82) is 0 Å². The predicted octanol–water partition coefficient (Wildman–Crippen LogP) is 1.62. The van der Waals surface area contributed by atoms with Crippen LogP contribution in [0.2, 0.25) is 0 Å². The van der Waals surface area contributed by atoms with Crippen LogP contribution in [-0.2, 0) is 4.79 Å². The van der Waals surface area contributed by atoms with Gasteiger partial charge in [-0.15, -0.1) is 0 Å². The first-order valence-electron chi connectivity index (χ1n) is 8.29. The van der Waals surface area contributed by atoms with E-state index in [1.165, 1.54) is 6.42 Å². The number of fused-ring (bicyclic) bond motifs is 3.